The number of aliphatic hydroxyl groups is 1. The first kappa shape index (κ1) is 14.2. The number of carbonyl (C=O) groups excluding carboxylic acids is 1. The fourth-order valence-corrected chi connectivity index (χ4v) is 1.37. The van der Waals surface area contributed by atoms with Gasteiger partial charge in [0.25, 0.3) is 5.91 Å². The molecule has 1 amide bonds. The van der Waals surface area contributed by atoms with Gasteiger partial charge in [0.2, 0.25) is 0 Å². The van der Waals surface area contributed by atoms with Crippen molar-refractivity contribution in [3.8, 4) is 11.8 Å². The third-order valence-electron chi connectivity index (χ3n) is 2.61. The highest BCUT2D eigenvalue weighted by Gasteiger charge is 2.17. The summed E-state index contributed by atoms with van der Waals surface area (Å²) < 4.78 is 13.1. The molecule has 0 saturated heterocycles. The van der Waals surface area contributed by atoms with Gasteiger partial charge < -0.3 is 10.0 Å². The molecule has 0 atom stereocenters. The zero-order valence-electron chi connectivity index (χ0n) is 10.7. The topological polar surface area (TPSA) is 40.5 Å². The maximum absolute atomic E-state index is 13.1. The van der Waals surface area contributed by atoms with E-state index in [2.05, 4.69) is 11.8 Å². The molecule has 1 N–H and O–H groups in total. The normalized spacial score (nSPS) is 9.89. The van der Waals surface area contributed by atoms with Crippen molar-refractivity contribution < 1.29 is 14.3 Å². The van der Waals surface area contributed by atoms with E-state index < -0.39 is 5.82 Å². The molecule has 18 heavy (non-hydrogen) atoms. The van der Waals surface area contributed by atoms with E-state index in [4.69, 9.17) is 5.11 Å². The molecule has 0 heterocycles. The molecule has 0 unspecified atom stereocenters. The van der Waals surface area contributed by atoms with Gasteiger partial charge in [0.05, 0.1) is 5.56 Å². The van der Waals surface area contributed by atoms with Crippen LogP contribution in [-0.2, 0) is 0 Å². The van der Waals surface area contributed by atoms with E-state index >= 15 is 0 Å². The van der Waals surface area contributed by atoms with E-state index in [1.807, 2.05) is 13.8 Å². The van der Waals surface area contributed by atoms with Crippen LogP contribution in [0.2, 0.25) is 0 Å². The van der Waals surface area contributed by atoms with Gasteiger partial charge >= 0.3 is 0 Å². The summed E-state index contributed by atoms with van der Waals surface area (Å²) in [5, 5.41) is 8.66. The van der Waals surface area contributed by atoms with E-state index in [9.17, 15) is 9.18 Å². The van der Waals surface area contributed by atoms with Crippen LogP contribution in [0.25, 0.3) is 0 Å². The van der Waals surface area contributed by atoms with E-state index in [-0.39, 0.29) is 18.6 Å². The second-order valence-corrected chi connectivity index (χ2v) is 4.16. The van der Waals surface area contributed by atoms with E-state index in [0.717, 1.165) is 0 Å². The van der Waals surface area contributed by atoms with Gasteiger partial charge in [-0.3, -0.25) is 4.79 Å². The second-order valence-electron chi connectivity index (χ2n) is 4.16. The van der Waals surface area contributed by atoms with Crippen molar-refractivity contribution in [2.45, 2.75) is 19.9 Å². The lowest BCUT2D eigenvalue weighted by molar-refractivity contribution is 0.0754. The second kappa shape index (κ2) is 6.18. The van der Waals surface area contributed by atoms with Gasteiger partial charge in [0.1, 0.15) is 12.4 Å². The van der Waals surface area contributed by atoms with Crippen LogP contribution in [0.4, 0.5) is 4.39 Å². The predicted octanol–water partition coefficient (Wildman–Crippen LogP) is 1.65. The Labute approximate surface area is 106 Å². The fourth-order valence-electron chi connectivity index (χ4n) is 1.37. The Morgan fingerprint density at radius 2 is 2.17 bits per heavy atom. The summed E-state index contributed by atoms with van der Waals surface area (Å²) in [6.07, 6.45) is 0. The third kappa shape index (κ3) is 3.31. The summed E-state index contributed by atoms with van der Waals surface area (Å²) in [6.45, 7) is 3.45. The smallest absolute Gasteiger partial charge is 0.255 e. The highest BCUT2D eigenvalue weighted by molar-refractivity contribution is 5.96. The van der Waals surface area contributed by atoms with Crippen molar-refractivity contribution in [1.29, 1.82) is 0 Å². The summed E-state index contributed by atoms with van der Waals surface area (Å²) >= 11 is 0. The molecule has 4 heteroatoms. The Bertz CT molecular complexity index is 500. The zero-order chi connectivity index (χ0) is 13.7. The lowest BCUT2D eigenvalue weighted by atomic mass is 10.1. The first-order chi connectivity index (χ1) is 8.47. The summed E-state index contributed by atoms with van der Waals surface area (Å²) in [5.41, 5.74) is 0.634. The summed E-state index contributed by atoms with van der Waals surface area (Å²) in [7, 11) is 1.68. The molecule has 0 spiro atoms. The molecule has 96 valence electrons. The quantitative estimate of drug-likeness (QED) is 0.810. The maximum atomic E-state index is 13.1. The van der Waals surface area contributed by atoms with E-state index in [1.165, 1.54) is 18.2 Å². The Morgan fingerprint density at radius 1 is 1.50 bits per heavy atom. The van der Waals surface area contributed by atoms with Crippen molar-refractivity contribution in [2.24, 2.45) is 0 Å². The summed E-state index contributed by atoms with van der Waals surface area (Å²) in [5.74, 6) is 4.34. The number of carbonyl (C=O) groups is 1. The monoisotopic (exact) mass is 249 g/mol. The van der Waals surface area contributed by atoms with Gasteiger partial charge in [-0.25, -0.2) is 4.39 Å². The summed E-state index contributed by atoms with van der Waals surface area (Å²) in [4.78, 5) is 13.7. The predicted molar refractivity (Wildman–Crippen MR) is 67.6 cm³/mol. The first-order valence-corrected chi connectivity index (χ1v) is 5.63. The molecule has 3 nitrogen and oxygen atoms in total. The minimum Gasteiger partial charge on any atom is -0.384 e. The average molecular weight is 249 g/mol. The van der Waals surface area contributed by atoms with E-state index in [1.54, 1.807) is 11.9 Å². The number of hydrogen-bond donors (Lipinski definition) is 1. The molecule has 1 aromatic rings. The van der Waals surface area contributed by atoms with Gasteiger partial charge in [-0.2, -0.15) is 0 Å². The number of hydrogen-bond acceptors (Lipinski definition) is 2. The number of amides is 1. The minimum atomic E-state index is -0.457. The van der Waals surface area contributed by atoms with Gasteiger partial charge in [-0.15, -0.1) is 0 Å². The van der Waals surface area contributed by atoms with Crippen molar-refractivity contribution in [1.82, 2.24) is 4.90 Å². The van der Waals surface area contributed by atoms with Crippen molar-refractivity contribution in [3.05, 3.63) is 35.1 Å². The van der Waals surface area contributed by atoms with Crippen molar-refractivity contribution in [3.63, 3.8) is 0 Å². The standard InChI is InChI=1S/C14H16FNO2/c1-10(2)16(3)14(18)13-7-6-12(15)9-11(13)5-4-8-17/h6-7,9-10,17H,8H2,1-3H3. The third-order valence-corrected chi connectivity index (χ3v) is 2.61. The lowest BCUT2D eigenvalue weighted by Crippen LogP contribution is -2.33. The SMILES string of the molecule is CC(C)N(C)C(=O)c1ccc(F)cc1C#CCO. The van der Waals surface area contributed by atoms with Gasteiger partial charge in [0, 0.05) is 18.7 Å². The molecule has 0 fully saturated rings. The molecule has 0 aliphatic heterocycles. The van der Waals surface area contributed by atoms with Gasteiger partial charge in [0.15, 0.2) is 0 Å². The van der Waals surface area contributed by atoms with Crippen LogP contribution < -0.4 is 0 Å². The molecule has 0 aliphatic carbocycles. The van der Waals surface area contributed by atoms with Crippen LogP contribution >= 0.6 is 0 Å². The Kier molecular flexibility index (Phi) is 4.87. The first-order valence-electron chi connectivity index (χ1n) is 5.63. The minimum absolute atomic E-state index is 0.0428. The highest BCUT2D eigenvalue weighted by Crippen LogP contribution is 2.13. The van der Waals surface area contributed by atoms with Crippen LogP contribution in [0, 0.1) is 17.7 Å². The Balaban J connectivity index is 3.19. The lowest BCUT2D eigenvalue weighted by Gasteiger charge is -2.22. The van der Waals surface area contributed by atoms with Crippen LogP contribution in [0.5, 0.6) is 0 Å². The number of aliphatic hydroxyl groups excluding tert-OH is 1. The molecule has 0 aromatic heterocycles. The largest absolute Gasteiger partial charge is 0.384 e. The zero-order valence-corrected chi connectivity index (χ0v) is 10.7. The molecule has 0 radical (unpaired) electrons. The van der Waals surface area contributed by atoms with Crippen molar-refractivity contribution >= 4 is 5.91 Å². The van der Waals surface area contributed by atoms with Crippen LogP contribution in [-0.4, -0.2) is 35.6 Å². The number of benzene rings is 1. The number of rotatable bonds is 2. The van der Waals surface area contributed by atoms with Crippen molar-refractivity contribution in [2.75, 3.05) is 13.7 Å². The van der Waals surface area contributed by atoms with Crippen LogP contribution in [0.1, 0.15) is 29.8 Å². The fraction of sp³-hybridized carbons (Fsp3) is 0.357. The van der Waals surface area contributed by atoms with E-state index in [0.29, 0.717) is 11.1 Å². The van der Waals surface area contributed by atoms with Crippen LogP contribution in [0.3, 0.4) is 0 Å². The molecule has 0 aliphatic rings. The molecule has 1 rings (SSSR count). The van der Waals surface area contributed by atoms with Crippen LogP contribution in [0.15, 0.2) is 18.2 Å². The molecular formula is C14H16FNO2. The highest BCUT2D eigenvalue weighted by atomic mass is 19.1. The Hall–Kier alpha value is -1.86. The molecule has 1 aromatic carbocycles. The number of nitrogens with zero attached hydrogens (tertiary/aromatic N) is 1. The molecule has 0 saturated carbocycles. The van der Waals surface area contributed by atoms with Gasteiger partial charge in [-0.1, -0.05) is 11.8 Å². The molecular weight excluding hydrogens is 233 g/mol. The summed E-state index contributed by atoms with van der Waals surface area (Å²) in [6, 6.07) is 3.88. The molecule has 0 bridgehead atoms. The maximum Gasteiger partial charge on any atom is 0.255 e. The average Bonchev–Trinajstić information content (AvgIpc) is 2.34. The number of halogens is 1. The Morgan fingerprint density at radius 3 is 2.72 bits per heavy atom. The van der Waals surface area contributed by atoms with Gasteiger partial charge in [-0.05, 0) is 32.0 Å².